The van der Waals surface area contributed by atoms with Crippen molar-refractivity contribution < 1.29 is 9.53 Å². The zero-order valence-corrected chi connectivity index (χ0v) is 16.2. The van der Waals surface area contributed by atoms with E-state index in [1.165, 1.54) is 19.3 Å². The Morgan fingerprint density at radius 3 is 2.65 bits per heavy atom. The second-order valence-electron chi connectivity index (χ2n) is 6.80. The first kappa shape index (κ1) is 18.8. The fourth-order valence-corrected chi connectivity index (χ4v) is 4.48. The van der Waals surface area contributed by atoms with Crippen molar-refractivity contribution in [1.82, 2.24) is 14.8 Å². The molecule has 0 unspecified atom stereocenters. The quantitative estimate of drug-likeness (QED) is 0.748. The molecule has 1 aliphatic rings. The average molecular weight is 375 g/mol. The fraction of sp³-hybridized carbons (Fsp3) is 0.526. The van der Waals surface area contributed by atoms with Gasteiger partial charge in [0.2, 0.25) is 5.91 Å². The van der Waals surface area contributed by atoms with Crippen molar-refractivity contribution in [1.29, 1.82) is 0 Å². The van der Waals surface area contributed by atoms with Crippen LogP contribution in [0.25, 0.3) is 11.4 Å². The summed E-state index contributed by atoms with van der Waals surface area (Å²) in [7, 11) is 1.66. The molecule has 140 valence electrons. The average Bonchev–Trinajstić information content (AvgIpc) is 3.05. The third-order valence-corrected chi connectivity index (χ3v) is 5.94. The van der Waals surface area contributed by atoms with Gasteiger partial charge < -0.3 is 10.5 Å². The Balaban J connectivity index is 1.94. The minimum atomic E-state index is -0.287. The van der Waals surface area contributed by atoms with Gasteiger partial charge in [0, 0.05) is 23.8 Å². The smallest absolute Gasteiger partial charge is 0.218 e. The molecule has 0 spiro atoms. The van der Waals surface area contributed by atoms with Gasteiger partial charge in [0.15, 0.2) is 11.0 Å². The highest BCUT2D eigenvalue weighted by Crippen LogP contribution is 2.39. The number of ether oxygens (including phenoxy) is 1. The number of carbonyl (C=O) groups excluding carboxylic acids is 1. The molecule has 26 heavy (non-hydrogen) atoms. The van der Waals surface area contributed by atoms with E-state index in [0.717, 1.165) is 28.7 Å². The van der Waals surface area contributed by atoms with Crippen LogP contribution < -0.4 is 10.5 Å². The molecule has 1 aliphatic carbocycles. The van der Waals surface area contributed by atoms with E-state index in [1.54, 1.807) is 18.9 Å². The van der Waals surface area contributed by atoms with Crippen LogP contribution in [0.2, 0.25) is 0 Å². The summed E-state index contributed by atoms with van der Waals surface area (Å²) < 4.78 is 7.53. The summed E-state index contributed by atoms with van der Waals surface area (Å²) >= 11 is 1.56. The monoisotopic (exact) mass is 374 g/mol. The predicted molar refractivity (Wildman–Crippen MR) is 103 cm³/mol. The molecule has 2 aromatic rings. The lowest BCUT2D eigenvalue weighted by Crippen LogP contribution is -2.22. The van der Waals surface area contributed by atoms with Crippen LogP contribution in [0.4, 0.5) is 0 Å². The fourth-order valence-electron chi connectivity index (χ4n) is 3.53. The Morgan fingerprint density at radius 1 is 1.27 bits per heavy atom. The Kier molecular flexibility index (Phi) is 6.19. The van der Waals surface area contributed by atoms with E-state index in [9.17, 15) is 4.79 Å². The third-order valence-electron chi connectivity index (χ3n) is 4.99. The highest BCUT2D eigenvalue weighted by molar-refractivity contribution is 7.99. The van der Waals surface area contributed by atoms with Gasteiger partial charge in [0.1, 0.15) is 5.75 Å². The van der Waals surface area contributed by atoms with E-state index in [2.05, 4.69) is 21.7 Å². The number of methoxy groups -OCH3 is 1. The van der Waals surface area contributed by atoms with Crippen molar-refractivity contribution in [2.24, 2.45) is 11.7 Å². The minimum Gasteiger partial charge on any atom is -0.497 e. The van der Waals surface area contributed by atoms with E-state index in [4.69, 9.17) is 10.5 Å². The molecule has 1 amide bonds. The lowest BCUT2D eigenvalue weighted by molar-refractivity contribution is -0.117. The molecule has 2 atom stereocenters. The summed E-state index contributed by atoms with van der Waals surface area (Å²) in [5.74, 6) is 2.61. The van der Waals surface area contributed by atoms with E-state index in [1.807, 2.05) is 24.3 Å². The van der Waals surface area contributed by atoms with Gasteiger partial charge >= 0.3 is 0 Å². The number of primary amides is 1. The predicted octanol–water partition coefficient (Wildman–Crippen LogP) is 3.67. The topological polar surface area (TPSA) is 83.0 Å². The number of nitrogens with two attached hydrogens (primary N) is 1. The first-order chi connectivity index (χ1) is 12.6. The molecule has 0 saturated heterocycles. The van der Waals surface area contributed by atoms with Gasteiger partial charge in [-0.2, -0.15) is 0 Å². The van der Waals surface area contributed by atoms with E-state index >= 15 is 0 Å². The number of nitrogens with zero attached hydrogens (tertiary/aromatic N) is 3. The minimum absolute atomic E-state index is 0.287. The molecular formula is C19H26N4O2S. The Morgan fingerprint density at radius 2 is 2.00 bits per heavy atom. The molecule has 1 fully saturated rings. The highest BCUT2D eigenvalue weighted by Gasteiger charge is 2.28. The molecule has 0 aliphatic heterocycles. The molecule has 1 aromatic heterocycles. The molecule has 2 N–H and O–H groups in total. The van der Waals surface area contributed by atoms with Crippen molar-refractivity contribution in [2.45, 2.75) is 50.2 Å². The molecule has 6 nitrogen and oxygen atoms in total. The molecule has 1 heterocycles. The molecule has 0 radical (unpaired) electrons. The second-order valence-corrected chi connectivity index (χ2v) is 7.86. The van der Waals surface area contributed by atoms with E-state index in [0.29, 0.717) is 24.1 Å². The Labute approximate surface area is 158 Å². The second kappa shape index (κ2) is 8.58. The summed E-state index contributed by atoms with van der Waals surface area (Å²) in [4.78, 5) is 11.1. The van der Waals surface area contributed by atoms with Crippen molar-refractivity contribution >= 4 is 17.7 Å². The van der Waals surface area contributed by atoms with Gasteiger partial charge in [-0.1, -0.05) is 31.5 Å². The first-order valence-electron chi connectivity index (χ1n) is 9.10. The molecule has 1 aromatic carbocycles. The van der Waals surface area contributed by atoms with Gasteiger partial charge in [-0.3, -0.25) is 9.36 Å². The zero-order valence-electron chi connectivity index (χ0n) is 15.4. The lowest BCUT2D eigenvalue weighted by atomic mass is 9.85. The maximum absolute atomic E-state index is 11.1. The van der Waals surface area contributed by atoms with Gasteiger partial charge in [-0.25, -0.2) is 0 Å². The van der Waals surface area contributed by atoms with Crippen LogP contribution in [-0.2, 0) is 4.79 Å². The molecule has 0 bridgehead atoms. The number of thioether (sulfide) groups is 1. The largest absolute Gasteiger partial charge is 0.497 e. The number of carbonyl (C=O) groups is 1. The Hall–Kier alpha value is -2.02. The normalized spacial score (nSPS) is 20.1. The number of amides is 1. The van der Waals surface area contributed by atoms with E-state index < -0.39 is 0 Å². The summed E-state index contributed by atoms with van der Waals surface area (Å²) in [5.41, 5.74) is 6.30. The zero-order chi connectivity index (χ0) is 18.5. The van der Waals surface area contributed by atoms with Gasteiger partial charge in [-0.05, 0) is 43.0 Å². The number of rotatable bonds is 7. The third kappa shape index (κ3) is 4.20. The molecule has 1 saturated carbocycles. The van der Waals surface area contributed by atoms with Crippen LogP contribution >= 0.6 is 11.8 Å². The maximum atomic E-state index is 11.1. The van der Waals surface area contributed by atoms with Crippen LogP contribution in [0.3, 0.4) is 0 Å². The summed E-state index contributed by atoms with van der Waals surface area (Å²) in [6.45, 7) is 2.31. The molecule has 3 rings (SSSR count). The Bertz CT molecular complexity index is 744. The highest BCUT2D eigenvalue weighted by atomic mass is 32.2. The van der Waals surface area contributed by atoms with Gasteiger partial charge in [-0.15, -0.1) is 10.2 Å². The van der Waals surface area contributed by atoms with Crippen molar-refractivity contribution in [2.75, 3.05) is 12.9 Å². The van der Waals surface area contributed by atoms with E-state index in [-0.39, 0.29) is 5.91 Å². The van der Waals surface area contributed by atoms with Crippen molar-refractivity contribution in [3.63, 3.8) is 0 Å². The number of benzene rings is 1. The summed E-state index contributed by atoms with van der Waals surface area (Å²) in [6.07, 6.45) is 5.19. The van der Waals surface area contributed by atoms with Crippen molar-refractivity contribution in [3.8, 4) is 17.1 Å². The summed E-state index contributed by atoms with van der Waals surface area (Å²) in [5, 5.41) is 9.79. The number of aromatic nitrogens is 3. The van der Waals surface area contributed by atoms with Crippen LogP contribution in [-0.4, -0.2) is 33.5 Å². The molecular weight excluding hydrogens is 348 g/mol. The SMILES string of the molecule is COc1ccc(-c2nnc(SCCC(N)=O)n2[C@@H]2CCCC[C@H]2C)cc1. The van der Waals surface area contributed by atoms with Crippen LogP contribution in [0.1, 0.15) is 45.1 Å². The first-order valence-corrected chi connectivity index (χ1v) is 10.1. The van der Waals surface area contributed by atoms with Crippen LogP contribution in [0.5, 0.6) is 5.75 Å². The maximum Gasteiger partial charge on any atom is 0.218 e. The summed E-state index contributed by atoms with van der Waals surface area (Å²) in [6, 6.07) is 8.30. The van der Waals surface area contributed by atoms with Gasteiger partial charge in [0.05, 0.1) is 7.11 Å². The number of hydrogen-bond donors (Lipinski definition) is 1. The number of hydrogen-bond acceptors (Lipinski definition) is 5. The van der Waals surface area contributed by atoms with Crippen LogP contribution in [0, 0.1) is 5.92 Å². The molecule has 7 heteroatoms. The van der Waals surface area contributed by atoms with Gasteiger partial charge in [0.25, 0.3) is 0 Å². The lowest BCUT2D eigenvalue weighted by Gasteiger charge is -2.31. The van der Waals surface area contributed by atoms with Crippen molar-refractivity contribution in [3.05, 3.63) is 24.3 Å². The van der Waals surface area contributed by atoms with Crippen LogP contribution in [0.15, 0.2) is 29.4 Å². The standard InChI is InChI=1S/C19H26N4O2S/c1-13-5-3-4-6-16(13)23-18(14-7-9-15(25-2)10-8-14)21-22-19(23)26-12-11-17(20)24/h7-10,13,16H,3-6,11-12H2,1-2H3,(H2,20,24)/t13-,16-/m1/s1.